The van der Waals surface area contributed by atoms with Crippen LogP contribution in [0.4, 0.5) is 5.95 Å². The number of rotatable bonds is 5. The number of methoxy groups -OCH3 is 1. The highest BCUT2D eigenvalue weighted by Gasteiger charge is 2.18. The first-order chi connectivity index (χ1) is 14.0. The summed E-state index contributed by atoms with van der Waals surface area (Å²) in [6, 6.07) is 10.2. The van der Waals surface area contributed by atoms with Crippen molar-refractivity contribution in [3.8, 4) is 5.75 Å². The lowest BCUT2D eigenvalue weighted by Gasteiger charge is -2.13. The van der Waals surface area contributed by atoms with Gasteiger partial charge in [0.05, 0.1) is 24.7 Å². The molecule has 148 valence electrons. The molecule has 0 spiro atoms. The van der Waals surface area contributed by atoms with E-state index in [4.69, 9.17) is 22.1 Å². The van der Waals surface area contributed by atoms with E-state index in [9.17, 15) is 0 Å². The van der Waals surface area contributed by atoms with E-state index in [2.05, 4.69) is 33.3 Å². The maximum Gasteiger partial charge on any atom is 0.223 e. The van der Waals surface area contributed by atoms with Crippen molar-refractivity contribution in [3.05, 3.63) is 75.8 Å². The Morgan fingerprint density at radius 2 is 1.90 bits per heavy atom. The predicted molar refractivity (Wildman–Crippen MR) is 116 cm³/mol. The minimum absolute atomic E-state index is 0.152. The molecule has 0 aliphatic heterocycles. The van der Waals surface area contributed by atoms with Crippen LogP contribution in [-0.2, 0) is 13.0 Å². The minimum Gasteiger partial charge on any atom is -0.496 e. The van der Waals surface area contributed by atoms with Gasteiger partial charge in [0.1, 0.15) is 16.5 Å². The van der Waals surface area contributed by atoms with Gasteiger partial charge in [-0.25, -0.2) is 4.98 Å². The standard InChI is InChI=1S/C22H22ClN5O/c1-13-10-25-17(14(2)19(13)29-3)12-28-11-16(9-15-7-5-4-6-8-15)18-20(23)26-22(24)27-21(18)28/h4-8,10-11H,9,12H2,1-3H3,(H2,24,26,27). The average molecular weight is 408 g/mol. The summed E-state index contributed by atoms with van der Waals surface area (Å²) < 4.78 is 7.58. The fourth-order valence-corrected chi connectivity index (χ4v) is 3.99. The fourth-order valence-electron chi connectivity index (χ4n) is 3.70. The molecule has 0 saturated carbocycles. The molecule has 0 aliphatic rings. The summed E-state index contributed by atoms with van der Waals surface area (Å²) >= 11 is 6.47. The Hall–Kier alpha value is -3.12. The number of nitrogens with two attached hydrogens (primary N) is 1. The van der Waals surface area contributed by atoms with Crippen molar-refractivity contribution >= 4 is 28.6 Å². The number of aromatic nitrogens is 4. The molecule has 0 atom stereocenters. The van der Waals surface area contributed by atoms with Crippen LogP contribution in [0, 0.1) is 13.8 Å². The monoisotopic (exact) mass is 407 g/mol. The van der Waals surface area contributed by atoms with Crippen LogP contribution >= 0.6 is 11.6 Å². The first-order valence-electron chi connectivity index (χ1n) is 9.31. The number of nitrogen functional groups attached to an aromatic ring is 1. The van der Waals surface area contributed by atoms with Gasteiger partial charge in [0, 0.05) is 23.5 Å². The second-order valence-corrected chi connectivity index (χ2v) is 7.42. The number of fused-ring (bicyclic) bond motifs is 1. The maximum absolute atomic E-state index is 6.47. The lowest BCUT2D eigenvalue weighted by Crippen LogP contribution is -2.07. The molecular weight excluding hydrogens is 386 g/mol. The number of anilines is 1. The molecular formula is C22H22ClN5O. The number of benzene rings is 1. The van der Waals surface area contributed by atoms with Crippen LogP contribution in [0.2, 0.25) is 5.15 Å². The van der Waals surface area contributed by atoms with E-state index >= 15 is 0 Å². The molecule has 0 radical (unpaired) electrons. The molecule has 0 unspecified atom stereocenters. The van der Waals surface area contributed by atoms with E-state index in [1.165, 1.54) is 5.56 Å². The smallest absolute Gasteiger partial charge is 0.223 e. The van der Waals surface area contributed by atoms with Gasteiger partial charge in [-0.2, -0.15) is 4.98 Å². The van der Waals surface area contributed by atoms with E-state index in [0.29, 0.717) is 17.3 Å². The van der Waals surface area contributed by atoms with Gasteiger partial charge in [-0.3, -0.25) is 4.98 Å². The van der Waals surface area contributed by atoms with Gasteiger partial charge < -0.3 is 15.0 Å². The third-order valence-corrected chi connectivity index (χ3v) is 5.35. The van der Waals surface area contributed by atoms with Crippen molar-refractivity contribution in [2.75, 3.05) is 12.8 Å². The number of hydrogen-bond donors (Lipinski definition) is 1. The molecule has 0 bridgehead atoms. The highest BCUT2D eigenvalue weighted by atomic mass is 35.5. The van der Waals surface area contributed by atoms with Crippen molar-refractivity contribution in [2.24, 2.45) is 0 Å². The van der Waals surface area contributed by atoms with E-state index in [1.54, 1.807) is 7.11 Å². The van der Waals surface area contributed by atoms with Crippen LogP contribution in [0.15, 0.2) is 42.7 Å². The Morgan fingerprint density at radius 3 is 2.62 bits per heavy atom. The molecule has 4 rings (SSSR count). The van der Waals surface area contributed by atoms with E-state index in [-0.39, 0.29) is 5.95 Å². The molecule has 2 N–H and O–H groups in total. The molecule has 0 saturated heterocycles. The van der Waals surface area contributed by atoms with E-state index in [0.717, 1.165) is 39.9 Å². The Bertz CT molecular complexity index is 1190. The number of pyridine rings is 1. The second-order valence-electron chi connectivity index (χ2n) is 7.06. The molecule has 0 fully saturated rings. The van der Waals surface area contributed by atoms with Crippen molar-refractivity contribution in [1.29, 1.82) is 0 Å². The minimum atomic E-state index is 0.152. The molecule has 3 heterocycles. The zero-order chi connectivity index (χ0) is 20.5. The van der Waals surface area contributed by atoms with E-state index in [1.807, 2.05) is 42.8 Å². The number of halogens is 1. The molecule has 29 heavy (non-hydrogen) atoms. The molecule has 1 aromatic carbocycles. The van der Waals surface area contributed by atoms with Gasteiger partial charge in [-0.1, -0.05) is 41.9 Å². The van der Waals surface area contributed by atoms with Crippen molar-refractivity contribution in [2.45, 2.75) is 26.8 Å². The second kappa shape index (κ2) is 7.72. The molecule has 7 heteroatoms. The quantitative estimate of drug-likeness (QED) is 0.498. The SMILES string of the molecule is COc1c(C)cnc(Cn2cc(Cc3ccccc3)c3c(Cl)nc(N)nc32)c1C. The summed E-state index contributed by atoms with van der Waals surface area (Å²) in [6.45, 7) is 4.53. The fraction of sp³-hybridized carbons (Fsp3) is 0.227. The number of hydrogen-bond acceptors (Lipinski definition) is 5. The number of aryl methyl sites for hydroxylation is 1. The third kappa shape index (κ3) is 3.63. The molecule has 0 aliphatic carbocycles. The highest BCUT2D eigenvalue weighted by molar-refractivity contribution is 6.34. The van der Waals surface area contributed by atoms with Crippen molar-refractivity contribution in [3.63, 3.8) is 0 Å². The number of nitrogens with zero attached hydrogens (tertiary/aromatic N) is 4. The van der Waals surface area contributed by atoms with Crippen LogP contribution in [0.3, 0.4) is 0 Å². The normalized spacial score (nSPS) is 11.2. The summed E-state index contributed by atoms with van der Waals surface area (Å²) in [5, 5.41) is 1.18. The van der Waals surface area contributed by atoms with Gasteiger partial charge >= 0.3 is 0 Å². The Kier molecular flexibility index (Phi) is 5.11. The van der Waals surface area contributed by atoms with Gasteiger partial charge in [0.25, 0.3) is 0 Å². The summed E-state index contributed by atoms with van der Waals surface area (Å²) in [7, 11) is 1.68. The Labute approximate surface area is 174 Å². The molecule has 6 nitrogen and oxygen atoms in total. The average Bonchev–Trinajstić information content (AvgIpc) is 3.02. The van der Waals surface area contributed by atoms with Gasteiger partial charge in [-0.05, 0) is 31.4 Å². The van der Waals surface area contributed by atoms with Gasteiger partial charge in [0.15, 0.2) is 0 Å². The maximum atomic E-state index is 6.47. The van der Waals surface area contributed by atoms with Crippen molar-refractivity contribution < 1.29 is 4.74 Å². The first-order valence-corrected chi connectivity index (χ1v) is 9.69. The zero-order valence-corrected chi connectivity index (χ0v) is 17.4. The van der Waals surface area contributed by atoms with Crippen molar-refractivity contribution in [1.82, 2.24) is 19.5 Å². The van der Waals surface area contributed by atoms with E-state index < -0.39 is 0 Å². The first kappa shape index (κ1) is 19.2. The summed E-state index contributed by atoms with van der Waals surface area (Å²) in [5.41, 5.74) is 11.7. The van der Waals surface area contributed by atoms with Crippen LogP contribution in [-0.4, -0.2) is 26.6 Å². The lowest BCUT2D eigenvalue weighted by molar-refractivity contribution is 0.406. The van der Waals surface area contributed by atoms with Gasteiger partial charge in [0.2, 0.25) is 5.95 Å². The third-order valence-electron chi connectivity index (χ3n) is 5.08. The molecule has 4 aromatic rings. The van der Waals surface area contributed by atoms with Crippen LogP contribution in [0.25, 0.3) is 11.0 Å². The summed E-state index contributed by atoms with van der Waals surface area (Å²) in [4.78, 5) is 13.3. The Balaban J connectivity index is 1.83. The highest BCUT2D eigenvalue weighted by Crippen LogP contribution is 2.30. The summed E-state index contributed by atoms with van der Waals surface area (Å²) in [6.07, 6.45) is 4.61. The van der Waals surface area contributed by atoms with Crippen LogP contribution < -0.4 is 10.5 Å². The predicted octanol–water partition coefficient (Wildman–Crippen LogP) is 4.33. The lowest BCUT2D eigenvalue weighted by atomic mass is 10.1. The largest absolute Gasteiger partial charge is 0.496 e. The Morgan fingerprint density at radius 1 is 1.14 bits per heavy atom. The summed E-state index contributed by atoms with van der Waals surface area (Å²) in [5.74, 6) is 1.00. The van der Waals surface area contributed by atoms with Crippen LogP contribution in [0.5, 0.6) is 5.75 Å². The van der Waals surface area contributed by atoms with Crippen LogP contribution in [0.1, 0.15) is 27.9 Å². The van der Waals surface area contributed by atoms with Gasteiger partial charge in [-0.15, -0.1) is 0 Å². The molecule has 3 aromatic heterocycles. The molecule has 0 amide bonds. The zero-order valence-electron chi connectivity index (χ0n) is 16.6. The number of ether oxygens (including phenoxy) is 1. The topological polar surface area (TPSA) is 78.8 Å².